The maximum atomic E-state index is 11.1. The van der Waals surface area contributed by atoms with E-state index in [2.05, 4.69) is 0 Å². The lowest BCUT2D eigenvalue weighted by molar-refractivity contribution is -2.00. The number of hydrogen-bond donors (Lipinski definition) is 0. The second kappa shape index (κ2) is 5.21. The maximum Gasteiger partial charge on any atom is 0.253 e. The lowest BCUT2D eigenvalue weighted by Gasteiger charge is -2.17. The Morgan fingerprint density at radius 1 is 1.24 bits per heavy atom. The molecule has 2 heterocycles. The van der Waals surface area contributed by atoms with Crippen LogP contribution in [0.2, 0.25) is 0 Å². The Labute approximate surface area is 98.1 Å². The third kappa shape index (κ3) is 4.89. The van der Waals surface area contributed by atoms with Crippen molar-refractivity contribution in [2.24, 2.45) is 0 Å². The maximum absolute atomic E-state index is 11.1. The predicted molar refractivity (Wildman–Crippen MR) is 45.5 cm³/mol. The van der Waals surface area contributed by atoms with Crippen molar-refractivity contribution in [3.8, 4) is 0 Å². The highest BCUT2D eigenvalue weighted by Crippen LogP contribution is 1.99. The third-order valence-corrected chi connectivity index (χ3v) is 1.85. The van der Waals surface area contributed by atoms with Crippen LogP contribution in [-0.2, 0) is 0 Å². The minimum absolute atomic E-state index is 0.693. The summed E-state index contributed by atoms with van der Waals surface area (Å²) in [6.07, 6.45) is 5.29. The van der Waals surface area contributed by atoms with Crippen molar-refractivity contribution in [1.82, 2.24) is 4.40 Å². The number of fused-ring (bicyclic) bond motifs is 1. The molecule has 0 atom stereocenters. The number of rotatable bonds is 0. The molecule has 2 aromatic heterocycles. The van der Waals surface area contributed by atoms with Crippen LogP contribution in [0.3, 0.4) is 0 Å². The Kier molecular flexibility index (Phi) is 4.16. The van der Waals surface area contributed by atoms with Crippen molar-refractivity contribution in [2.75, 3.05) is 0 Å². The van der Waals surface area contributed by atoms with Gasteiger partial charge in [-0.15, -0.1) is 10.2 Å². The Morgan fingerprint density at radius 3 is 2.41 bits per heavy atom. The fraction of sp³-hybridized carbons (Fsp3) is 0.111. The molecule has 0 fully saturated rings. The molecule has 8 heteroatoms. The number of halogens is 1. The smallest absolute Gasteiger partial charge is 0.253 e. The van der Waals surface area contributed by atoms with Gasteiger partial charge in [-0.2, -0.15) is 0 Å². The molecule has 0 saturated carbocycles. The van der Waals surface area contributed by atoms with Crippen LogP contribution in [0.25, 0.3) is 5.52 Å². The van der Waals surface area contributed by atoms with Crippen LogP contribution in [-0.4, -0.2) is 4.40 Å². The van der Waals surface area contributed by atoms with Crippen LogP contribution in [0, 0.1) is 22.1 Å². The monoisotopic (exact) mass is 260 g/mol. The summed E-state index contributed by atoms with van der Waals surface area (Å²) in [6, 6.07) is 5.74. The Bertz CT molecular complexity index is 557. The van der Waals surface area contributed by atoms with Crippen molar-refractivity contribution in [1.29, 1.82) is 0 Å². The third-order valence-electron chi connectivity index (χ3n) is 1.85. The summed E-state index contributed by atoms with van der Waals surface area (Å²) >= 11 is 0. The van der Waals surface area contributed by atoms with Crippen molar-refractivity contribution in [3.63, 3.8) is 0 Å². The molecule has 0 saturated heterocycles. The summed E-state index contributed by atoms with van der Waals surface area (Å²) in [6.45, 7) is 1.78. The molecule has 0 bridgehead atoms. The van der Waals surface area contributed by atoms with Gasteiger partial charge in [0.15, 0.2) is 0 Å². The minimum atomic E-state index is -4.94. The molecule has 0 aromatic carbocycles. The Balaban J connectivity index is 0.000000249. The van der Waals surface area contributed by atoms with Crippen LogP contribution in [0.5, 0.6) is 0 Å². The van der Waals surface area contributed by atoms with Gasteiger partial charge in [0, 0.05) is 18.0 Å². The summed E-state index contributed by atoms with van der Waals surface area (Å²) in [7, 11) is -4.94. The average Bonchev–Trinajstić information content (AvgIpc) is 2.17. The van der Waals surface area contributed by atoms with Crippen LogP contribution >= 0.6 is 0 Å². The molecule has 0 spiro atoms. The molecular weight excluding hydrogens is 252 g/mol. The molecule has 0 aliphatic heterocycles. The molecule has 17 heavy (non-hydrogen) atoms. The summed E-state index contributed by atoms with van der Waals surface area (Å²) in [5.74, 6) is 0. The first kappa shape index (κ1) is 13.6. The Hall–Kier alpha value is -1.51. The first-order valence-corrected chi connectivity index (χ1v) is 5.62. The normalized spacial score (nSPS) is 10.9. The van der Waals surface area contributed by atoms with Gasteiger partial charge in [-0.25, -0.2) is 18.6 Å². The molecule has 2 aromatic rings. The van der Waals surface area contributed by atoms with Gasteiger partial charge in [0.25, 0.3) is 11.9 Å². The first-order valence-electron chi connectivity index (χ1n) is 4.39. The standard InChI is InChI=1S/C9H9N2O.ClHO4/c1-8-6-10-5-3-2-4-9(10)7-11(8)12;2-1(3,4)5/h2-7H,1H3;(H,2,3,4,5)/q+1;/p-1. The van der Waals surface area contributed by atoms with Crippen LogP contribution in [0.1, 0.15) is 5.69 Å². The van der Waals surface area contributed by atoms with E-state index < -0.39 is 10.2 Å². The van der Waals surface area contributed by atoms with Gasteiger partial charge in [-0.1, -0.05) is 6.07 Å². The predicted octanol–water partition coefficient (Wildman–Crippen LogP) is -3.59. The number of aryl methyl sites for hydroxylation is 1. The summed E-state index contributed by atoms with van der Waals surface area (Å²) in [5, 5.41) is 0. The molecule has 0 unspecified atom stereocenters. The van der Waals surface area contributed by atoms with Gasteiger partial charge in [0.05, 0.1) is 10.6 Å². The van der Waals surface area contributed by atoms with E-state index in [1.807, 2.05) is 35.0 Å². The van der Waals surface area contributed by atoms with Crippen molar-refractivity contribution >= 4 is 5.52 Å². The summed E-state index contributed by atoms with van der Waals surface area (Å²) < 4.78 is 36.8. The van der Waals surface area contributed by atoms with E-state index in [-0.39, 0.29) is 0 Å². The molecule has 7 nitrogen and oxygen atoms in total. The van der Waals surface area contributed by atoms with E-state index in [9.17, 15) is 4.91 Å². The summed E-state index contributed by atoms with van der Waals surface area (Å²) in [4.78, 5) is 11.1. The van der Waals surface area contributed by atoms with E-state index >= 15 is 0 Å². The SMILES string of the molecule is Cc1cn2ccccc2c[n+]1=O.[O-][Cl+3]([O-])([O-])[O-]. The zero-order chi connectivity index (χ0) is 13.1. The van der Waals surface area contributed by atoms with Gasteiger partial charge < -0.3 is 4.40 Å². The second-order valence-electron chi connectivity index (χ2n) is 3.14. The highest BCUT2D eigenvalue weighted by atomic mass is 35.7. The van der Waals surface area contributed by atoms with E-state index in [1.165, 1.54) is 0 Å². The molecule has 0 N–H and O–H groups in total. The number of pyridine rings is 1. The largest absolute Gasteiger partial charge is 0.312 e. The van der Waals surface area contributed by atoms with Gasteiger partial charge >= 0.3 is 0 Å². The van der Waals surface area contributed by atoms with Crippen LogP contribution < -0.4 is 23.1 Å². The zero-order valence-electron chi connectivity index (χ0n) is 8.78. The van der Waals surface area contributed by atoms with Gasteiger partial charge in [-0.05, 0) is 12.1 Å². The lowest BCUT2D eigenvalue weighted by atomic mass is 10.4. The molecule has 0 radical (unpaired) electrons. The van der Waals surface area contributed by atoms with Crippen molar-refractivity contribution in [3.05, 3.63) is 47.4 Å². The zero-order valence-corrected chi connectivity index (χ0v) is 9.53. The summed E-state index contributed by atoms with van der Waals surface area (Å²) in [5.41, 5.74) is 1.59. The minimum Gasteiger partial charge on any atom is -0.312 e. The van der Waals surface area contributed by atoms with Crippen molar-refractivity contribution < 1.29 is 33.3 Å². The number of aromatic nitrogens is 2. The molecule has 0 aliphatic rings. The van der Waals surface area contributed by atoms with E-state index in [0.717, 1.165) is 9.94 Å². The van der Waals surface area contributed by atoms with Gasteiger partial charge in [-0.3, -0.25) is 0 Å². The Morgan fingerprint density at radius 2 is 1.82 bits per heavy atom. The van der Waals surface area contributed by atoms with Crippen LogP contribution in [0.4, 0.5) is 0 Å². The number of nitrogens with zero attached hydrogens (tertiary/aromatic N) is 2. The van der Waals surface area contributed by atoms with Crippen molar-refractivity contribution in [2.45, 2.75) is 6.92 Å². The number of hydrogen-bond acceptors (Lipinski definition) is 5. The van der Waals surface area contributed by atoms with Crippen LogP contribution in [0.15, 0.2) is 36.8 Å². The van der Waals surface area contributed by atoms with E-state index in [0.29, 0.717) is 5.69 Å². The molecular formula is C9H9ClN2O5. The van der Waals surface area contributed by atoms with Gasteiger partial charge in [0.1, 0.15) is 5.52 Å². The molecule has 2 rings (SSSR count). The highest BCUT2D eigenvalue weighted by molar-refractivity contribution is 5.41. The molecule has 0 amide bonds. The highest BCUT2D eigenvalue weighted by Gasteiger charge is 2.02. The van der Waals surface area contributed by atoms with Gasteiger partial charge in [0.2, 0.25) is 0 Å². The lowest BCUT2D eigenvalue weighted by Crippen LogP contribution is -2.68. The quantitative estimate of drug-likeness (QED) is 0.453. The topological polar surface area (TPSA) is 120 Å². The molecule has 0 aliphatic carbocycles. The second-order valence-corrected chi connectivity index (χ2v) is 3.89. The average molecular weight is 261 g/mol. The fourth-order valence-electron chi connectivity index (χ4n) is 1.18. The van der Waals surface area contributed by atoms with E-state index in [4.69, 9.17) is 18.6 Å². The molecule has 92 valence electrons. The van der Waals surface area contributed by atoms with E-state index in [1.54, 1.807) is 13.1 Å². The first-order chi connectivity index (χ1) is 7.77. The fourth-order valence-corrected chi connectivity index (χ4v) is 1.18.